The number of carbonyl (C=O) groups is 2. The van der Waals surface area contributed by atoms with Crippen molar-refractivity contribution in [3.8, 4) is 0 Å². The topological polar surface area (TPSA) is 101 Å². The van der Waals surface area contributed by atoms with Crippen LogP contribution < -0.4 is 5.73 Å². The molecule has 0 aliphatic heterocycles. The summed E-state index contributed by atoms with van der Waals surface area (Å²) in [4.78, 5) is 21.7. The van der Waals surface area contributed by atoms with Gasteiger partial charge in [0.1, 0.15) is 6.04 Å². The molecular formula is C12H15NO4. The minimum atomic E-state index is -1.13. The van der Waals surface area contributed by atoms with Crippen LogP contribution in [0.5, 0.6) is 0 Å². The Bertz CT molecular complexity index is 454. The van der Waals surface area contributed by atoms with Crippen molar-refractivity contribution >= 4 is 11.9 Å². The normalized spacial score (nSPS) is 12.5. The third kappa shape index (κ3) is 2.82. The van der Waals surface area contributed by atoms with Crippen LogP contribution in [0.2, 0.25) is 0 Å². The van der Waals surface area contributed by atoms with Gasteiger partial charge in [-0.25, -0.2) is 4.79 Å². The van der Waals surface area contributed by atoms with Crippen molar-refractivity contribution in [1.82, 2.24) is 0 Å². The van der Waals surface area contributed by atoms with Crippen LogP contribution in [0.15, 0.2) is 18.2 Å². The van der Waals surface area contributed by atoms with Gasteiger partial charge in [-0.3, -0.25) is 4.79 Å². The largest absolute Gasteiger partial charge is 0.480 e. The molecule has 0 fully saturated rings. The fraction of sp³-hybridized carbons (Fsp3) is 0.333. The van der Waals surface area contributed by atoms with E-state index in [1.54, 1.807) is 0 Å². The minimum Gasteiger partial charge on any atom is -0.480 e. The third-order valence-electron chi connectivity index (χ3n) is 2.56. The zero-order valence-corrected chi connectivity index (χ0v) is 9.68. The molecule has 1 unspecified atom stereocenters. The Morgan fingerprint density at radius 1 is 1.18 bits per heavy atom. The predicted octanol–water partition coefficient (Wildman–Crippen LogP) is 1.59. The van der Waals surface area contributed by atoms with E-state index in [2.05, 4.69) is 0 Å². The lowest BCUT2D eigenvalue weighted by atomic mass is 9.91. The molecule has 4 N–H and O–H groups in total. The molecule has 17 heavy (non-hydrogen) atoms. The van der Waals surface area contributed by atoms with Crippen molar-refractivity contribution in [3.63, 3.8) is 0 Å². The van der Waals surface area contributed by atoms with Crippen LogP contribution in [0.3, 0.4) is 0 Å². The fourth-order valence-electron chi connectivity index (χ4n) is 1.62. The van der Waals surface area contributed by atoms with Crippen LogP contribution in [0.25, 0.3) is 0 Å². The van der Waals surface area contributed by atoms with Crippen LogP contribution in [-0.2, 0) is 4.79 Å². The van der Waals surface area contributed by atoms with Crippen molar-refractivity contribution < 1.29 is 19.8 Å². The quantitative estimate of drug-likeness (QED) is 0.738. The third-order valence-corrected chi connectivity index (χ3v) is 2.56. The summed E-state index contributed by atoms with van der Waals surface area (Å²) >= 11 is 0. The summed E-state index contributed by atoms with van der Waals surface area (Å²) in [5.74, 6) is -2.16. The lowest BCUT2D eigenvalue weighted by Crippen LogP contribution is -2.22. The molecule has 1 rings (SSSR count). The molecule has 1 aromatic rings. The van der Waals surface area contributed by atoms with Crippen molar-refractivity contribution in [2.75, 3.05) is 0 Å². The van der Waals surface area contributed by atoms with Crippen LogP contribution in [0.1, 0.15) is 47.3 Å². The zero-order valence-electron chi connectivity index (χ0n) is 9.68. The van der Waals surface area contributed by atoms with E-state index >= 15 is 0 Å². The number of aromatic carboxylic acids is 1. The van der Waals surface area contributed by atoms with E-state index in [9.17, 15) is 9.59 Å². The maximum atomic E-state index is 10.9. The number of carboxylic acids is 2. The first-order valence-electron chi connectivity index (χ1n) is 5.20. The van der Waals surface area contributed by atoms with E-state index in [4.69, 9.17) is 15.9 Å². The van der Waals surface area contributed by atoms with Crippen molar-refractivity contribution in [2.24, 2.45) is 5.73 Å². The van der Waals surface area contributed by atoms with Gasteiger partial charge >= 0.3 is 11.9 Å². The van der Waals surface area contributed by atoms with E-state index in [-0.39, 0.29) is 11.5 Å². The van der Waals surface area contributed by atoms with Gasteiger partial charge in [-0.1, -0.05) is 19.9 Å². The Kier molecular flexibility index (Phi) is 3.85. The number of nitrogens with two attached hydrogens (primary N) is 1. The van der Waals surface area contributed by atoms with Gasteiger partial charge in [-0.15, -0.1) is 0 Å². The number of aliphatic carboxylic acids is 1. The average molecular weight is 237 g/mol. The summed E-state index contributed by atoms with van der Waals surface area (Å²) in [6, 6.07) is 3.19. The van der Waals surface area contributed by atoms with Gasteiger partial charge in [0.25, 0.3) is 0 Å². The molecule has 0 heterocycles. The second-order valence-electron chi connectivity index (χ2n) is 4.12. The molecule has 92 valence electrons. The molecule has 0 saturated heterocycles. The molecule has 0 bridgehead atoms. The van der Waals surface area contributed by atoms with Gasteiger partial charge in [-0.05, 0) is 29.2 Å². The Balaban J connectivity index is 3.31. The lowest BCUT2D eigenvalue weighted by molar-refractivity contribution is -0.138. The fourth-order valence-corrected chi connectivity index (χ4v) is 1.62. The molecule has 0 aliphatic carbocycles. The average Bonchev–Trinajstić information content (AvgIpc) is 2.26. The summed E-state index contributed by atoms with van der Waals surface area (Å²) in [6.07, 6.45) is 0. The number of carboxylic acid groups (broad SMARTS) is 2. The first-order valence-corrected chi connectivity index (χ1v) is 5.20. The molecule has 0 aromatic heterocycles. The summed E-state index contributed by atoms with van der Waals surface area (Å²) < 4.78 is 0. The van der Waals surface area contributed by atoms with E-state index in [1.807, 2.05) is 13.8 Å². The highest BCUT2D eigenvalue weighted by molar-refractivity contribution is 5.88. The highest BCUT2D eigenvalue weighted by Crippen LogP contribution is 2.25. The Hall–Kier alpha value is -1.88. The molecule has 0 spiro atoms. The smallest absolute Gasteiger partial charge is 0.335 e. The molecule has 0 radical (unpaired) electrons. The van der Waals surface area contributed by atoms with Gasteiger partial charge in [0, 0.05) is 0 Å². The van der Waals surface area contributed by atoms with Gasteiger partial charge in [-0.2, -0.15) is 0 Å². The van der Waals surface area contributed by atoms with Gasteiger partial charge in [0.15, 0.2) is 0 Å². The summed E-state index contributed by atoms with van der Waals surface area (Å²) in [7, 11) is 0. The molecular weight excluding hydrogens is 222 g/mol. The maximum Gasteiger partial charge on any atom is 0.335 e. The van der Waals surface area contributed by atoms with Crippen molar-refractivity contribution in [2.45, 2.75) is 25.8 Å². The van der Waals surface area contributed by atoms with Crippen LogP contribution >= 0.6 is 0 Å². The second kappa shape index (κ2) is 4.97. The van der Waals surface area contributed by atoms with E-state index in [1.165, 1.54) is 18.2 Å². The second-order valence-corrected chi connectivity index (χ2v) is 4.12. The number of hydrogen-bond acceptors (Lipinski definition) is 3. The van der Waals surface area contributed by atoms with E-state index in [0.29, 0.717) is 11.1 Å². The Labute approximate surface area is 98.9 Å². The highest BCUT2D eigenvalue weighted by Gasteiger charge is 2.20. The molecule has 1 aromatic carbocycles. The number of benzene rings is 1. The minimum absolute atomic E-state index is 0.00898. The predicted molar refractivity (Wildman–Crippen MR) is 62.1 cm³/mol. The first-order chi connectivity index (χ1) is 7.84. The molecule has 5 heteroatoms. The van der Waals surface area contributed by atoms with Gasteiger partial charge in [0.2, 0.25) is 0 Å². The number of rotatable bonds is 4. The molecule has 0 aliphatic rings. The molecule has 5 nitrogen and oxygen atoms in total. The molecule has 0 saturated carbocycles. The van der Waals surface area contributed by atoms with Crippen molar-refractivity contribution in [3.05, 3.63) is 34.9 Å². The van der Waals surface area contributed by atoms with Gasteiger partial charge in [0.05, 0.1) is 5.56 Å². The van der Waals surface area contributed by atoms with Crippen LogP contribution in [0.4, 0.5) is 0 Å². The standard InChI is InChI=1S/C12H15NO4/c1-6(2)9-5-7(11(14)15)3-4-8(9)10(13)12(16)17/h3-6,10H,13H2,1-2H3,(H,14,15)(H,16,17). The van der Waals surface area contributed by atoms with Crippen LogP contribution in [0, 0.1) is 0 Å². The molecule has 1 atom stereocenters. The van der Waals surface area contributed by atoms with Crippen molar-refractivity contribution in [1.29, 1.82) is 0 Å². The highest BCUT2D eigenvalue weighted by atomic mass is 16.4. The van der Waals surface area contributed by atoms with Gasteiger partial charge < -0.3 is 15.9 Å². The monoisotopic (exact) mass is 237 g/mol. The maximum absolute atomic E-state index is 10.9. The van der Waals surface area contributed by atoms with E-state index in [0.717, 1.165) is 0 Å². The Morgan fingerprint density at radius 3 is 2.18 bits per heavy atom. The summed E-state index contributed by atoms with van der Waals surface area (Å²) in [5.41, 5.74) is 6.80. The molecule has 0 amide bonds. The Morgan fingerprint density at radius 2 is 1.76 bits per heavy atom. The zero-order chi connectivity index (χ0) is 13.2. The van der Waals surface area contributed by atoms with E-state index < -0.39 is 18.0 Å². The summed E-state index contributed by atoms with van der Waals surface area (Å²) in [6.45, 7) is 3.72. The first kappa shape index (κ1) is 13.2. The summed E-state index contributed by atoms with van der Waals surface area (Å²) in [5, 5.41) is 17.8. The van der Waals surface area contributed by atoms with Crippen LogP contribution in [-0.4, -0.2) is 22.2 Å². The number of hydrogen-bond donors (Lipinski definition) is 3. The lowest BCUT2D eigenvalue weighted by Gasteiger charge is -2.16. The SMILES string of the molecule is CC(C)c1cc(C(=O)O)ccc1C(N)C(=O)O.